The number of anilines is 1. The highest BCUT2D eigenvalue weighted by Crippen LogP contribution is 2.34. The molecule has 1 aromatic carbocycles. The van der Waals surface area contributed by atoms with Gasteiger partial charge in [-0.25, -0.2) is 0 Å². The fourth-order valence-corrected chi connectivity index (χ4v) is 6.05. The summed E-state index contributed by atoms with van der Waals surface area (Å²) in [5, 5.41) is 5.67. The molecule has 2 saturated heterocycles. The molecule has 1 aromatic rings. The Morgan fingerprint density at radius 2 is 1.81 bits per heavy atom. The molecule has 37 heavy (non-hydrogen) atoms. The third kappa shape index (κ3) is 7.16. The van der Waals surface area contributed by atoms with Crippen molar-refractivity contribution in [1.82, 2.24) is 15.5 Å². The number of amides is 2. The van der Waals surface area contributed by atoms with Crippen LogP contribution in [0.2, 0.25) is 0 Å². The van der Waals surface area contributed by atoms with Gasteiger partial charge in [-0.05, 0) is 75.7 Å². The van der Waals surface area contributed by atoms with E-state index in [1.54, 1.807) is 0 Å². The largest absolute Gasteiger partial charge is 0.416 e. The summed E-state index contributed by atoms with van der Waals surface area (Å²) in [6.45, 7) is 6.02. The molecule has 2 heterocycles. The van der Waals surface area contributed by atoms with Gasteiger partial charge < -0.3 is 25.2 Å². The molecular formula is C27H39F3N4O3. The van der Waals surface area contributed by atoms with Crippen LogP contribution in [0.5, 0.6) is 0 Å². The number of hydrogen-bond acceptors (Lipinski definition) is 5. The molecule has 1 aliphatic carbocycles. The topological polar surface area (TPSA) is 73.9 Å². The fourth-order valence-electron chi connectivity index (χ4n) is 6.05. The minimum absolute atomic E-state index is 0.0562. The van der Waals surface area contributed by atoms with Crippen molar-refractivity contribution in [1.29, 1.82) is 0 Å². The first kappa shape index (κ1) is 27.7. The molecule has 0 unspecified atom stereocenters. The van der Waals surface area contributed by atoms with Crippen LogP contribution in [-0.2, 0) is 15.7 Å². The number of morpholine rings is 1. The van der Waals surface area contributed by atoms with Crippen LogP contribution in [0.25, 0.3) is 0 Å². The molecule has 7 nitrogen and oxygen atoms in total. The second-order valence-corrected chi connectivity index (χ2v) is 10.4. The Hall–Kier alpha value is -2.33. The van der Waals surface area contributed by atoms with Crippen LogP contribution in [0.4, 0.5) is 18.9 Å². The smallest absolute Gasteiger partial charge is 0.378 e. The highest BCUT2D eigenvalue weighted by atomic mass is 19.4. The molecule has 2 N–H and O–H groups in total. The van der Waals surface area contributed by atoms with Crippen molar-refractivity contribution in [3.05, 3.63) is 29.3 Å². The van der Waals surface area contributed by atoms with Crippen molar-refractivity contribution in [2.75, 3.05) is 50.8 Å². The molecule has 206 valence electrons. The lowest BCUT2D eigenvalue weighted by Gasteiger charge is -2.40. The monoisotopic (exact) mass is 524 g/mol. The average molecular weight is 525 g/mol. The van der Waals surface area contributed by atoms with Gasteiger partial charge in [0.15, 0.2) is 0 Å². The SMILES string of the molecule is CCC[C@@H]1C[C@H](N2CCCC2)CC[C@@H]1NC(=O)CNC(=O)c1cc(C(F)(F)F)ccc1N1CCOCC1. The number of alkyl halides is 3. The Bertz CT molecular complexity index is 930. The molecule has 10 heteroatoms. The summed E-state index contributed by atoms with van der Waals surface area (Å²) >= 11 is 0. The van der Waals surface area contributed by atoms with Crippen molar-refractivity contribution in [2.45, 2.75) is 70.1 Å². The van der Waals surface area contributed by atoms with E-state index in [1.165, 1.54) is 18.9 Å². The lowest BCUT2D eigenvalue weighted by atomic mass is 9.78. The molecule has 0 radical (unpaired) electrons. The average Bonchev–Trinajstić information content (AvgIpc) is 3.43. The highest BCUT2D eigenvalue weighted by molar-refractivity contribution is 6.01. The Morgan fingerprint density at radius 3 is 2.49 bits per heavy atom. The van der Waals surface area contributed by atoms with Gasteiger partial charge in [0.05, 0.1) is 30.9 Å². The van der Waals surface area contributed by atoms with E-state index in [9.17, 15) is 22.8 Å². The molecule has 2 aliphatic heterocycles. The Labute approximate surface area is 217 Å². The predicted octanol–water partition coefficient (Wildman–Crippen LogP) is 3.82. The van der Waals surface area contributed by atoms with Gasteiger partial charge >= 0.3 is 6.18 Å². The summed E-state index contributed by atoms with van der Waals surface area (Å²) in [6, 6.07) is 3.82. The number of nitrogens with one attached hydrogen (secondary N) is 2. The normalized spacial score (nSPS) is 25.2. The molecule has 0 spiro atoms. The van der Waals surface area contributed by atoms with E-state index in [4.69, 9.17) is 4.74 Å². The molecular weight excluding hydrogens is 485 g/mol. The molecule has 2 amide bonds. The Morgan fingerprint density at radius 1 is 1.08 bits per heavy atom. The van der Waals surface area contributed by atoms with Crippen molar-refractivity contribution in [2.24, 2.45) is 5.92 Å². The van der Waals surface area contributed by atoms with E-state index in [1.807, 2.05) is 4.90 Å². The summed E-state index contributed by atoms with van der Waals surface area (Å²) < 4.78 is 45.5. The van der Waals surface area contributed by atoms with Crippen LogP contribution in [-0.4, -0.2) is 74.7 Å². The second kappa shape index (κ2) is 12.5. The molecule has 4 rings (SSSR count). The van der Waals surface area contributed by atoms with Crippen LogP contribution in [0, 0.1) is 5.92 Å². The van der Waals surface area contributed by atoms with Gasteiger partial charge in [0.2, 0.25) is 5.91 Å². The molecule has 3 atom stereocenters. The van der Waals surface area contributed by atoms with Crippen LogP contribution in [0.1, 0.15) is 67.8 Å². The van der Waals surface area contributed by atoms with Crippen molar-refractivity contribution < 1.29 is 27.5 Å². The maximum absolute atomic E-state index is 13.4. The van der Waals surface area contributed by atoms with E-state index in [-0.39, 0.29) is 24.1 Å². The second-order valence-electron chi connectivity index (χ2n) is 10.4. The Kier molecular flexibility index (Phi) is 9.34. The molecule has 0 bridgehead atoms. The first-order valence-electron chi connectivity index (χ1n) is 13.6. The van der Waals surface area contributed by atoms with Gasteiger partial charge in [0, 0.05) is 30.9 Å². The minimum atomic E-state index is -4.57. The summed E-state index contributed by atoms with van der Waals surface area (Å²) in [7, 11) is 0. The van der Waals surface area contributed by atoms with Crippen LogP contribution in [0.15, 0.2) is 18.2 Å². The van der Waals surface area contributed by atoms with E-state index in [0.29, 0.717) is 44.0 Å². The molecule has 1 saturated carbocycles. The zero-order chi connectivity index (χ0) is 26.4. The number of halogens is 3. The lowest BCUT2D eigenvalue weighted by molar-refractivity contribution is -0.137. The predicted molar refractivity (Wildman–Crippen MR) is 136 cm³/mol. The highest BCUT2D eigenvalue weighted by Gasteiger charge is 2.35. The molecule has 0 aromatic heterocycles. The van der Waals surface area contributed by atoms with Crippen molar-refractivity contribution in [3.63, 3.8) is 0 Å². The quantitative estimate of drug-likeness (QED) is 0.541. The summed E-state index contributed by atoms with van der Waals surface area (Å²) in [5.74, 6) is -0.607. The van der Waals surface area contributed by atoms with Gasteiger partial charge in [-0.2, -0.15) is 13.2 Å². The number of nitrogens with zero attached hydrogens (tertiary/aromatic N) is 2. The third-order valence-corrected chi connectivity index (χ3v) is 7.95. The first-order valence-corrected chi connectivity index (χ1v) is 13.6. The fraction of sp³-hybridized carbons (Fsp3) is 0.704. The maximum atomic E-state index is 13.4. The van der Waals surface area contributed by atoms with Crippen LogP contribution >= 0.6 is 0 Å². The van der Waals surface area contributed by atoms with Gasteiger partial charge in [-0.15, -0.1) is 0 Å². The lowest BCUT2D eigenvalue weighted by Crippen LogP contribution is -2.50. The molecule has 3 fully saturated rings. The zero-order valence-electron chi connectivity index (χ0n) is 21.6. The minimum Gasteiger partial charge on any atom is -0.378 e. The van der Waals surface area contributed by atoms with Crippen molar-refractivity contribution in [3.8, 4) is 0 Å². The zero-order valence-corrected chi connectivity index (χ0v) is 21.6. The van der Waals surface area contributed by atoms with E-state index < -0.39 is 17.6 Å². The summed E-state index contributed by atoms with van der Waals surface area (Å²) in [6.07, 6.45) is 3.04. The first-order chi connectivity index (χ1) is 17.8. The summed E-state index contributed by atoms with van der Waals surface area (Å²) in [5.41, 5.74) is -0.562. The third-order valence-electron chi connectivity index (χ3n) is 7.95. The van der Waals surface area contributed by atoms with Gasteiger partial charge in [0.1, 0.15) is 0 Å². The van der Waals surface area contributed by atoms with Gasteiger partial charge in [-0.3, -0.25) is 9.59 Å². The summed E-state index contributed by atoms with van der Waals surface area (Å²) in [4.78, 5) is 30.2. The molecule has 3 aliphatic rings. The van der Waals surface area contributed by atoms with E-state index in [0.717, 1.165) is 57.3 Å². The number of carbonyl (C=O) groups excluding carboxylic acids is 2. The van der Waals surface area contributed by atoms with Crippen molar-refractivity contribution >= 4 is 17.5 Å². The standard InChI is InChI=1S/C27H39F3N4O3/c1-2-5-19-16-21(33-10-3-4-11-33)7-8-23(19)32-25(35)18-31-26(36)22-17-20(27(28,29)30)6-9-24(22)34-12-14-37-15-13-34/h6,9,17,19,21,23H,2-5,7-8,10-16,18H2,1H3,(H,31,36)(H,32,35)/t19-,21-,23+/m1/s1. The number of hydrogen-bond donors (Lipinski definition) is 2. The van der Waals surface area contributed by atoms with E-state index >= 15 is 0 Å². The van der Waals surface area contributed by atoms with Gasteiger partial charge in [-0.1, -0.05) is 13.3 Å². The van der Waals surface area contributed by atoms with Crippen LogP contribution in [0.3, 0.4) is 0 Å². The van der Waals surface area contributed by atoms with E-state index in [2.05, 4.69) is 22.5 Å². The number of ether oxygens (including phenoxy) is 1. The van der Waals surface area contributed by atoms with Crippen LogP contribution < -0.4 is 15.5 Å². The number of rotatable bonds is 8. The number of benzene rings is 1. The maximum Gasteiger partial charge on any atom is 0.416 e. The van der Waals surface area contributed by atoms with Gasteiger partial charge in [0.25, 0.3) is 5.91 Å². The number of likely N-dealkylation sites (tertiary alicyclic amines) is 1. The number of carbonyl (C=O) groups is 2. The Balaban J connectivity index is 1.37.